The van der Waals surface area contributed by atoms with E-state index in [-0.39, 0.29) is 18.9 Å². The molecule has 2 rings (SSSR count). The second-order valence-corrected chi connectivity index (χ2v) is 29.2. The van der Waals surface area contributed by atoms with Gasteiger partial charge in [0.1, 0.15) is 48.8 Å². The van der Waals surface area contributed by atoms with Crippen molar-refractivity contribution in [2.75, 3.05) is 19.8 Å². The van der Waals surface area contributed by atoms with Crippen molar-refractivity contribution in [1.82, 2.24) is 5.32 Å². The molecule has 9 N–H and O–H groups in total. The van der Waals surface area contributed by atoms with Crippen molar-refractivity contribution in [2.45, 2.75) is 460 Å². The molecule has 2 saturated heterocycles. The maximum Gasteiger partial charge on any atom is 0.220 e. The molecule has 0 bridgehead atoms. The molecule has 2 heterocycles. The molecule has 14 nitrogen and oxygen atoms in total. The van der Waals surface area contributed by atoms with Crippen LogP contribution in [0.5, 0.6) is 0 Å². The molecular weight excluding hydrogens is 1210 g/mol. The van der Waals surface area contributed by atoms with Gasteiger partial charge in [0.15, 0.2) is 12.6 Å². The maximum atomic E-state index is 13.4. The summed E-state index contributed by atoms with van der Waals surface area (Å²) in [5.74, 6) is -0.241. The van der Waals surface area contributed by atoms with E-state index in [0.717, 1.165) is 32.1 Å². The maximum absolute atomic E-state index is 13.4. The number of aliphatic hydroxyl groups excluding tert-OH is 8. The molecule has 2 aliphatic rings. The summed E-state index contributed by atoms with van der Waals surface area (Å²) in [6.45, 7) is 2.85. The Balaban J connectivity index is 1.62. The number of ether oxygens (including phenoxy) is 4. The molecule has 0 saturated carbocycles. The van der Waals surface area contributed by atoms with Gasteiger partial charge in [-0.15, -0.1) is 0 Å². The minimum absolute atomic E-state index is 0.241. The number of carbonyl (C=O) groups excluding carboxylic acids is 1. The van der Waals surface area contributed by atoms with E-state index in [1.807, 2.05) is 6.08 Å². The summed E-state index contributed by atoms with van der Waals surface area (Å²) >= 11 is 0. The first-order valence-corrected chi connectivity index (χ1v) is 41.2. The Kier molecular flexibility index (Phi) is 62.5. The third kappa shape index (κ3) is 48.9. The molecule has 96 heavy (non-hydrogen) atoms. The van der Waals surface area contributed by atoms with Gasteiger partial charge in [0.25, 0.3) is 0 Å². The topological polar surface area (TPSA) is 228 Å². The van der Waals surface area contributed by atoms with E-state index in [1.54, 1.807) is 6.08 Å². The molecule has 0 aromatic carbocycles. The molecule has 0 aromatic heterocycles. The van der Waals surface area contributed by atoms with E-state index in [4.69, 9.17) is 18.9 Å². The summed E-state index contributed by atoms with van der Waals surface area (Å²) in [7, 11) is 0. The Labute approximate surface area is 589 Å². The van der Waals surface area contributed by atoms with Gasteiger partial charge < -0.3 is 65.1 Å². The van der Waals surface area contributed by atoms with Gasteiger partial charge in [-0.3, -0.25) is 4.79 Å². The number of hydrogen-bond donors (Lipinski definition) is 9. The zero-order chi connectivity index (χ0) is 69.4. The largest absolute Gasteiger partial charge is 0.394 e. The third-order valence-electron chi connectivity index (χ3n) is 20.3. The molecule has 12 atom stereocenters. The van der Waals surface area contributed by atoms with Crippen molar-refractivity contribution in [3.63, 3.8) is 0 Å². The lowest BCUT2D eigenvalue weighted by atomic mass is 9.97. The van der Waals surface area contributed by atoms with Crippen molar-refractivity contribution < 1.29 is 64.6 Å². The average Bonchev–Trinajstić information content (AvgIpc) is 0.854. The number of unbranched alkanes of at least 4 members (excludes halogenated alkanes) is 53. The number of amides is 1. The lowest BCUT2D eigenvalue weighted by Gasteiger charge is -2.46. The van der Waals surface area contributed by atoms with Gasteiger partial charge in [0.2, 0.25) is 5.91 Å². The summed E-state index contributed by atoms with van der Waals surface area (Å²) in [5.41, 5.74) is 0. The van der Waals surface area contributed by atoms with E-state index < -0.39 is 86.8 Å². The van der Waals surface area contributed by atoms with Crippen LogP contribution in [0.3, 0.4) is 0 Å². The van der Waals surface area contributed by atoms with Gasteiger partial charge in [-0.1, -0.05) is 359 Å². The molecule has 0 aromatic rings. The molecule has 1 amide bonds. The van der Waals surface area contributed by atoms with Gasteiger partial charge in [-0.25, -0.2) is 0 Å². The molecular formula is C82H155NO13. The summed E-state index contributed by atoms with van der Waals surface area (Å²) in [6, 6.07) is -0.932. The smallest absolute Gasteiger partial charge is 0.220 e. The second-order valence-electron chi connectivity index (χ2n) is 29.2. The fourth-order valence-corrected chi connectivity index (χ4v) is 13.8. The third-order valence-corrected chi connectivity index (χ3v) is 20.3. The van der Waals surface area contributed by atoms with Gasteiger partial charge >= 0.3 is 0 Å². The monoisotopic (exact) mass is 1360 g/mol. The van der Waals surface area contributed by atoms with Crippen LogP contribution in [0.25, 0.3) is 0 Å². The van der Waals surface area contributed by atoms with Crippen LogP contribution in [0.4, 0.5) is 0 Å². The minimum atomic E-state index is -1.79. The normalized spacial score (nSPS) is 22.4. The van der Waals surface area contributed by atoms with Crippen LogP contribution < -0.4 is 5.32 Å². The highest BCUT2D eigenvalue weighted by molar-refractivity contribution is 5.76. The Hall–Kier alpha value is -1.79. The van der Waals surface area contributed by atoms with Crippen molar-refractivity contribution in [2.24, 2.45) is 0 Å². The Morgan fingerprint density at radius 3 is 1.02 bits per heavy atom. The van der Waals surface area contributed by atoms with Crippen LogP contribution in [0.2, 0.25) is 0 Å². The Morgan fingerprint density at radius 2 is 0.667 bits per heavy atom. The lowest BCUT2D eigenvalue weighted by molar-refractivity contribution is -0.359. The molecule has 566 valence electrons. The first-order valence-electron chi connectivity index (χ1n) is 41.2. The Morgan fingerprint density at radius 1 is 0.365 bits per heavy atom. The van der Waals surface area contributed by atoms with Crippen LogP contribution in [-0.2, 0) is 23.7 Å². The van der Waals surface area contributed by atoms with Crippen molar-refractivity contribution in [1.29, 1.82) is 0 Å². The predicted octanol–water partition coefficient (Wildman–Crippen LogP) is 18.8. The highest BCUT2D eigenvalue weighted by Crippen LogP contribution is 2.30. The fraction of sp³-hybridized carbons (Fsp3) is 0.915. The van der Waals surface area contributed by atoms with E-state index in [2.05, 4.69) is 43.5 Å². The fourth-order valence-electron chi connectivity index (χ4n) is 13.8. The number of allylic oxidation sites excluding steroid dienone is 5. The standard InChI is InChI=1S/C82H155NO13/c1-3-5-7-9-11-13-15-17-19-21-23-25-27-29-31-33-34-35-36-38-39-41-43-45-47-49-51-53-55-57-59-61-63-65-71(86)70(69-93-81-79(92)77(90)80(73(68-85)95-81)96-82-78(91)76(89)75(88)72(67-84)94-82)83-74(87)66-64-62-60-58-56-54-52-50-48-46-44-42-40-37-32-30-28-26-24-22-20-18-16-14-12-10-8-6-4-2/h22,24,55,57,63,65,70-73,75-82,84-86,88-92H,3-21,23,25-54,56,58-62,64,66-69H2,1-2H3,(H,83,87)/b24-22-,57-55+,65-63+. The number of aliphatic hydroxyl groups is 8. The number of hydrogen-bond acceptors (Lipinski definition) is 13. The first kappa shape index (κ1) is 90.3. The van der Waals surface area contributed by atoms with Crippen LogP contribution in [-0.4, -0.2) is 140 Å². The number of nitrogens with one attached hydrogen (secondary N) is 1. The molecule has 2 fully saturated rings. The van der Waals surface area contributed by atoms with Crippen LogP contribution in [0.1, 0.15) is 386 Å². The average molecular weight is 1360 g/mol. The van der Waals surface area contributed by atoms with Crippen LogP contribution in [0.15, 0.2) is 36.5 Å². The zero-order valence-electron chi connectivity index (χ0n) is 62.1. The number of carbonyl (C=O) groups is 1. The van der Waals surface area contributed by atoms with E-state index in [1.165, 1.54) is 321 Å². The van der Waals surface area contributed by atoms with Gasteiger partial charge in [-0.05, 0) is 57.8 Å². The summed E-state index contributed by atoms with van der Waals surface area (Å²) in [4.78, 5) is 13.4. The summed E-state index contributed by atoms with van der Waals surface area (Å²) in [5, 5.41) is 87.7. The van der Waals surface area contributed by atoms with E-state index in [9.17, 15) is 45.6 Å². The zero-order valence-corrected chi connectivity index (χ0v) is 62.1. The molecule has 0 aliphatic carbocycles. The Bertz CT molecular complexity index is 1750. The highest BCUT2D eigenvalue weighted by atomic mass is 16.7. The van der Waals surface area contributed by atoms with Crippen LogP contribution in [0, 0.1) is 0 Å². The minimum Gasteiger partial charge on any atom is -0.394 e. The van der Waals surface area contributed by atoms with Gasteiger partial charge in [0, 0.05) is 6.42 Å². The molecule has 0 spiro atoms. The van der Waals surface area contributed by atoms with E-state index >= 15 is 0 Å². The summed E-state index contributed by atoms with van der Waals surface area (Å²) in [6.07, 6.45) is 71.0. The van der Waals surface area contributed by atoms with Crippen LogP contribution >= 0.6 is 0 Å². The van der Waals surface area contributed by atoms with Gasteiger partial charge in [-0.2, -0.15) is 0 Å². The first-order chi connectivity index (χ1) is 47.1. The van der Waals surface area contributed by atoms with Crippen molar-refractivity contribution >= 4 is 5.91 Å². The molecule has 0 radical (unpaired) electrons. The highest BCUT2D eigenvalue weighted by Gasteiger charge is 2.51. The van der Waals surface area contributed by atoms with Gasteiger partial charge in [0.05, 0.1) is 32.0 Å². The molecule has 14 heteroatoms. The predicted molar refractivity (Wildman–Crippen MR) is 397 cm³/mol. The van der Waals surface area contributed by atoms with Crippen molar-refractivity contribution in [3.05, 3.63) is 36.5 Å². The molecule has 12 unspecified atom stereocenters. The molecule has 2 aliphatic heterocycles. The quantitative estimate of drug-likeness (QED) is 0.0204. The SMILES string of the molecule is CCCCCCCCCC/C=C\CCCCCCCCCCCCCCCCCCCC(=O)NC(COC1OC(CO)C(OC2OC(CO)C(O)C(O)C2O)C(O)C1O)C(O)/C=C/CC/C=C/CCCCCCCCCCCCCCCCCCCCCCCCCCCCC. The number of rotatable bonds is 70. The van der Waals surface area contributed by atoms with E-state index in [0.29, 0.717) is 12.8 Å². The summed E-state index contributed by atoms with van der Waals surface area (Å²) < 4.78 is 22.9. The second kappa shape index (κ2) is 66.4. The lowest BCUT2D eigenvalue weighted by Crippen LogP contribution is -2.65. The van der Waals surface area contributed by atoms with Crippen molar-refractivity contribution in [3.8, 4) is 0 Å².